The summed E-state index contributed by atoms with van der Waals surface area (Å²) >= 11 is 1.54. The minimum atomic E-state index is -3.32. The normalized spacial score (nSPS) is 26.9. The highest BCUT2D eigenvalue weighted by Gasteiger charge is 2.42. The standard InChI is InChI=1S/C15H24N2O2S2/c1-2-16-11-14-15(8-10-20-14)21(18,19)17-9-7-12-5-3-4-6-13(12)17/h8,10,12-13,16H,2-7,9,11H2,1H3. The van der Waals surface area contributed by atoms with Gasteiger partial charge < -0.3 is 5.32 Å². The highest BCUT2D eigenvalue weighted by Crippen LogP contribution is 2.40. The van der Waals surface area contributed by atoms with Crippen molar-refractivity contribution in [2.75, 3.05) is 13.1 Å². The van der Waals surface area contributed by atoms with Gasteiger partial charge in [0.05, 0.1) is 4.90 Å². The molecule has 0 bridgehead atoms. The average Bonchev–Trinajstić information content (AvgIpc) is 3.12. The Bertz CT molecular complexity index is 582. The van der Waals surface area contributed by atoms with Gasteiger partial charge in [-0.15, -0.1) is 11.3 Å². The van der Waals surface area contributed by atoms with Crippen LogP contribution in [0.5, 0.6) is 0 Å². The van der Waals surface area contributed by atoms with Gasteiger partial charge in [-0.3, -0.25) is 0 Å². The number of rotatable bonds is 5. The summed E-state index contributed by atoms with van der Waals surface area (Å²) in [4.78, 5) is 1.47. The highest BCUT2D eigenvalue weighted by molar-refractivity contribution is 7.89. The van der Waals surface area contributed by atoms with Crippen molar-refractivity contribution in [3.8, 4) is 0 Å². The Labute approximate surface area is 131 Å². The third-order valence-electron chi connectivity index (χ3n) is 4.79. The van der Waals surface area contributed by atoms with E-state index in [1.54, 1.807) is 10.4 Å². The lowest BCUT2D eigenvalue weighted by molar-refractivity contribution is 0.260. The van der Waals surface area contributed by atoms with E-state index in [2.05, 4.69) is 5.32 Å². The van der Waals surface area contributed by atoms with Crippen LogP contribution in [-0.4, -0.2) is 31.9 Å². The molecule has 1 saturated heterocycles. The highest BCUT2D eigenvalue weighted by atomic mass is 32.2. The molecule has 1 saturated carbocycles. The summed E-state index contributed by atoms with van der Waals surface area (Å²) in [6.07, 6.45) is 5.71. The molecular weight excluding hydrogens is 304 g/mol. The topological polar surface area (TPSA) is 49.4 Å². The fourth-order valence-electron chi connectivity index (χ4n) is 3.71. The van der Waals surface area contributed by atoms with Crippen molar-refractivity contribution in [2.45, 2.75) is 56.5 Å². The molecule has 1 N–H and O–H groups in total. The van der Waals surface area contributed by atoms with E-state index < -0.39 is 10.0 Å². The van der Waals surface area contributed by atoms with E-state index in [4.69, 9.17) is 0 Å². The number of nitrogens with one attached hydrogen (secondary N) is 1. The predicted octanol–water partition coefficient (Wildman–Crippen LogP) is 2.81. The first kappa shape index (κ1) is 15.5. The van der Waals surface area contributed by atoms with Crippen LogP contribution in [0.4, 0.5) is 0 Å². The van der Waals surface area contributed by atoms with Crippen molar-refractivity contribution in [1.82, 2.24) is 9.62 Å². The minimum absolute atomic E-state index is 0.246. The SMILES string of the molecule is CCNCc1sccc1S(=O)(=O)N1CCC2CCCCC21. The first-order valence-corrected chi connectivity index (χ1v) is 10.3. The quantitative estimate of drug-likeness (QED) is 0.904. The molecule has 2 aliphatic rings. The van der Waals surface area contributed by atoms with Crippen LogP contribution in [0, 0.1) is 5.92 Å². The zero-order valence-corrected chi connectivity index (χ0v) is 14.2. The number of thiophene rings is 1. The lowest BCUT2D eigenvalue weighted by Crippen LogP contribution is -2.39. The van der Waals surface area contributed by atoms with Gasteiger partial charge in [0.2, 0.25) is 10.0 Å². The van der Waals surface area contributed by atoms with Crippen LogP contribution >= 0.6 is 11.3 Å². The maximum absolute atomic E-state index is 13.0. The third-order valence-corrected chi connectivity index (χ3v) is 7.85. The summed E-state index contributed by atoms with van der Waals surface area (Å²) in [6.45, 7) is 4.24. The van der Waals surface area contributed by atoms with Crippen LogP contribution in [0.25, 0.3) is 0 Å². The summed E-state index contributed by atoms with van der Waals surface area (Å²) in [7, 11) is -3.32. The Morgan fingerprint density at radius 3 is 2.95 bits per heavy atom. The Morgan fingerprint density at radius 2 is 2.14 bits per heavy atom. The Hall–Kier alpha value is -0.430. The molecule has 1 aromatic rings. The lowest BCUT2D eigenvalue weighted by atomic mass is 9.86. The second-order valence-corrected chi connectivity index (χ2v) is 8.86. The largest absolute Gasteiger partial charge is 0.312 e. The Morgan fingerprint density at radius 1 is 1.33 bits per heavy atom. The second-order valence-electron chi connectivity index (χ2n) is 6.00. The van der Waals surface area contributed by atoms with Gasteiger partial charge in [-0.2, -0.15) is 4.31 Å². The molecule has 0 aromatic carbocycles. The molecule has 1 aliphatic carbocycles. The summed E-state index contributed by atoms with van der Waals surface area (Å²) in [5.74, 6) is 0.587. The van der Waals surface area contributed by atoms with Crippen LogP contribution in [0.2, 0.25) is 0 Å². The summed E-state index contributed by atoms with van der Waals surface area (Å²) in [5.41, 5.74) is 0. The molecular formula is C15H24N2O2S2. The molecule has 1 aromatic heterocycles. The van der Waals surface area contributed by atoms with Crippen molar-refractivity contribution in [1.29, 1.82) is 0 Å². The van der Waals surface area contributed by atoms with Gasteiger partial charge in [0.15, 0.2) is 0 Å². The van der Waals surface area contributed by atoms with Crippen molar-refractivity contribution < 1.29 is 8.42 Å². The monoisotopic (exact) mass is 328 g/mol. The van der Waals surface area contributed by atoms with Gasteiger partial charge in [-0.25, -0.2) is 8.42 Å². The van der Waals surface area contributed by atoms with E-state index in [0.29, 0.717) is 23.9 Å². The first-order valence-electron chi connectivity index (χ1n) is 7.93. The summed E-state index contributed by atoms with van der Waals surface area (Å²) in [6, 6.07) is 2.03. The summed E-state index contributed by atoms with van der Waals surface area (Å²) in [5, 5.41) is 5.13. The predicted molar refractivity (Wildman–Crippen MR) is 86.0 cm³/mol. The van der Waals surface area contributed by atoms with Crippen molar-refractivity contribution in [3.05, 3.63) is 16.3 Å². The number of sulfonamides is 1. The number of nitrogens with zero attached hydrogens (tertiary/aromatic N) is 1. The van der Waals surface area contributed by atoms with Crippen LogP contribution in [0.15, 0.2) is 16.3 Å². The molecule has 0 amide bonds. The molecule has 2 heterocycles. The van der Waals surface area contributed by atoms with Crippen LogP contribution in [-0.2, 0) is 16.6 Å². The maximum Gasteiger partial charge on any atom is 0.244 e. The van der Waals surface area contributed by atoms with Gasteiger partial charge in [0.25, 0.3) is 0 Å². The molecule has 6 heteroatoms. The van der Waals surface area contributed by atoms with Crippen LogP contribution in [0.3, 0.4) is 0 Å². The fraction of sp³-hybridized carbons (Fsp3) is 0.733. The van der Waals surface area contributed by atoms with E-state index in [0.717, 1.165) is 24.3 Å². The van der Waals surface area contributed by atoms with Gasteiger partial charge in [0.1, 0.15) is 0 Å². The Balaban J connectivity index is 1.85. The second kappa shape index (κ2) is 6.36. The molecule has 3 rings (SSSR count). The maximum atomic E-state index is 13.0. The van der Waals surface area contributed by atoms with Crippen molar-refractivity contribution in [3.63, 3.8) is 0 Å². The van der Waals surface area contributed by atoms with Crippen LogP contribution in [0.1, 0.15) is 43.9 Å². The molecule has 0 radical (unpaired) electrons. The average molecular weight is 329 g/mol. The third kappa shape index (κ3) is 2.91. The van der Waals surface area contributed by atoms with Gasteiger partial charge >= 0.3 is 0 Å². The number of fused-ring (bicyclic) bond motifs is 1. The zero-order chi connectivity index (χ0) is 14.9. The van der Waals surface area contributed by atoms with Crippen molar-refractivity contribution in [2.24, 2.45) is 5.92 Å². The first-order chi connectivity index (χ1) is 10.1. The molecule has 4 nitrogen and oxygen atoms in total. The summed E-state index contributed by atoms with van der Waals surface area (Å²) < 4.78 is 27.9. The molecule has 1 aliphatic heterocycles. The number of hydrogen-bond donors (Lipinski definition) is 1. The Kier molecular flexibility index (Phi) is 4.69. The zero-order valence-electron chi connectivity index (χ0n) is 12.5. The van der Waals surface area contributed by atoms with Crippen molar-refractivity contribution >= 4 is 21.4 Å². The smallest absolute Gasteiger partial charge is 0.244 e. The van der Waals surface area contributed by atoms with E-state index in [1.165, 1.54) is 30.6 Å². The van der Waals surface area contributed by atoms with E-state index >= 15 is 0 Å². The molecule has 118 valence electrons. The van der Waals surface area contributed by atoms with E-state index in [-0.39, 0.29) is 6.04 Å². The van der Waals surface area contributed by atoms with Gasteiger partial charge in [-0.1, -0.05) is 19.8 Å². The molecule has 2 unspecified atom stereocenters. The van der Waals surface area contributed by atoms with E-state index in [9.17, 15) is 8.42 Å². The van der Waals surface area contributed by atoms with E-state index in [1.807, 2.05) is 12.3 Å². The van der Waals surface area contributed by atoms with Crippen LogP contribution < -0.4 is 5.32 Å². The van der Waals surface area contributed by atoms with Gasteiger partial charge in [0, 0.05) is 24.0 Å². The molecule has 0 spiro atoms. The number of hydrogen-bond acceptors (Lipinski definition) is 4. The lowest BCUT2D eigenvalue weighted by Gasteiger charge is -2.31. The minimum Gasteiger partial charge on any atom is -0.312 e. The fourth-order valence-corrected chi connectivity index (χ4v) is 6.83. The molecule has 2 fully saturated rings. The van der Waals surface area contributed by atoms with Gasteiger partial charge in [-0.05, 0) is 43.2 Å². The molecule has 2 atom stereocenters. The molecule has 21 heavy (non-hydrogen) atoms.